The van der Waals surface area contributed by atoms with E-state index in [1.54, 1.807) is 29.8 Å². The Labute approximate surface area is 193 Å². The van der Waals surface area contributed by atoms with Gasteiger partial charge < -0.3 is 4.74 Å². The van der Waals surface area contributed by atoms with Gasteiger partial charge in [0.25, 0.3) is 11.6 Å². The number of rotatable bonds is 6. The first kappa shape index (κ1) is 21.9. The molecule has 0 spiro atoms. The lowest BCUT2D eigenvalue weighted by Gasteiger charge is -2.11. The van der Waals surface area contributed by atoms with Gasteiger partial charge in [0, 0.05) is 24.1 Å². The molecule has 0 saturated heterocycles. The minimum absolute atomic E-state index is 0.210. The molecule has 2 aromatic heterocycles. The summed E-state index contributed by atoms with van der Waals surface area (Å²) in [5, 5.41) is 0.964. The molecule has 0 aliphatic heterocycles. The Kier molecular flexibility index (Phi) is 6.21. The molecule has 4 rings (SSSR count). The quantitative estimate of drug-likeness (QED) is 0.428. The first-order valence-electron chi connectivity index (χ1n) is 9.81. The molecule has 0 atom stereocenters. The zero-order valence-corrected chi connectivity index (χ0v) is 19.0. The van der Waals surface area contributed by atoms with Crippen LogP contribution in [0, 0.1) is 0 Å². The van der Waals surface area contributed by atoms with Gasteiger partial charge in [-0.05, 0) is 29.3 Å². The van der Waals surface area contributed by atoms with Crippen LogP contribution in [0.2, 0.25) is 10.0 Å². The molecular formula is C23H20Cl2N4O3. The van der Waals surface area contributed by atoms with E-state index in [4.69, 9.17) is 27.9 Å². The SMILES string of the molecule is Cn1c(=O)c2c(nc(OC/C=C/c3ccccc3)n2Cc2ccc(Cl)cc2Cl)n(C)c1=O. The summed E-state index contributed by atoms with van der Waals surface area (Å²) in [6.45, 7) is 0.443. The molecule has 4 aromatic rings. The van der Waals surface area contributed by atoms with Crippen LogP contribution in [0.5, 0.6) is 6.01 Å². The normalized spacial score (nSPS) is 11.5. The lowest BCUT2D eigenvalue weighted by atomic mass is 10.2. The van der Waals surface area contributed by atoms with Crippen LogP contribution in [-0.2, 0) is 20.6 Å². The van der Waals surface area contributed by atoms with Gasteiger partial charge in [0.05, 0.1) is 6.54 Å². The van der Waals surface area contributed by atoms with Crippen molar-refractivity contribution in [2.24, 2.45) is 14.1 Å². The Hall–Kier alpha value is -3.29. The van der Waals surface area contributed by atoms with Crippen LogP contribution in [0.1, 0.15) is 11.1 Å². The number of aromatic nitrogens is 4. The summed E-state index contributed by atoms with van der Waals surface area (Å²) < 4.78 is 9.90. The molecule has 0 N–H and O–H groups in total. The van der Waals surface area contributed by atoms with E-state index in [2.05, 4.69) is 4.98 Å². The first-order chi connectivity index (χ1) is 15.4. The second-order valence-electron chi connectivity index (χ2n) is 7.22. The van der Waals surface area contributed by atoms with Crippen LogP contribution in [-0.4, -0.2) is 25.3 Å². The minimum atomic E-state index is -0.466. The van der Waals surface area contributed by atoms with Crippen molar-refractivity contribution < 1.29 is 4.74 Å². The van der Waals surface area contributed by atoms with Gasteiger partial charge in [0.15, 0.2) is 11.2 Å². The van der Waals surface area contributed by atoms with Gasteiger partial charge in [-0.3, -0.25) is 18.5 Å². The summed E-state index contributed by atoms with van der Waals surface area (Å²) in [4.78, 5) is 29.8. The standard InChI is InChI=1S/C23H20Cl2N4O3/c1-27-20-19(21(30)28(2)23(27)31)29(14-16-10-11-17(24)13-18(16)25)22(26-20)32-12-6-9-15-7-4-3-5-8-15/h3-11,13H,12,14H2,1-2H3/b9-6+. The summed E-state index contributed by atoms with van der Waals surface area (Å²) in [6, 6.07) is 15.2. The highest BCUT2D eigenvalue weighted by molar-refractivity contribution is 6.35. The Morgan fingerprint density at radius 1 is 1.03 bits per heavy atom. The molecule has 0 fully saturated rings. The van der Waals surface area contributed by atoms with Crippen LogP contribution < -0.4 is 16.0 Å². The van der Waals surface area contributed by atoms with E-state index in [-0.39, 0.29) is 30.3 Å². The van der Waals surface area contributed by atoms with Gasteiger partial charge in [-0.15, -0.1) is 0 Å². The minimum Gasteiger partial charge on any atom is -0.460 e. The van der Waals surface area contributed by atoms with Gasteiger partial charge >= 0.3 is 5.69 Å². The zero-order valence-electron chi connectivity index (χ0n) is 17.5. The number of aryl methyl sites for hydroxylation is 1. The van der Waals surface area contributed by atoms with E-state index in [1.807, 2.05) is 42.5 Å². The van der Waals surface area contributed by atoms with E-state index in [9.17, 15) is 9.59 Å². The van der Waals surface area contributed by atoms with Crippen LogP contribution in [0.15, 0.2) is 64.2 Å². The van der Waals surface area contributed by atoms with Gasteiger partial charge in [0.2, 0.25) is 0 Å². The number of hydrogen-bond donors (Lipinski definition) is 0. The molecule has 9 heteroatoms. The fraction of sp³-hybridized carbons (Fsp3) is 0.174. The highest BCUT2D eigenvalue weighted by Gasteiger charge is 2.21. The smallest absolute Gasteiger partial charge is 0.332 e. The molecule has 0 aliphatic carbocycles. The van der Waals surface area contributed by atoms with Crippen molar-refractivity contribution in [2.75, 3.05) is 6.61 Å². The molecule has 0 amide bonds. The summed E-state index contributed by atoms with van der Waals surface area (Å²) in [6.07, 6.45) is 3.78. The monoisotopic (exact) mass is 470 g/mol. The van der Waals surface area contributed by atoms with Crippen molar-refractivity contribution in [3.05, 3.63) is 96.6 Å². The Morgan fingerprint density at radius 3 is 2.50 bits per heavy atom. The van der Waals surface area contributed by atoms with Crippen molar-refractivity contribution in [3.63, 3.8) is 0 Å². The van der Waals surface area contributed by atoms with Crippen molar-refractivity contribution in [3.8, 4) is 6.01 Å². The topological polar surface area (TPSA) is 71.1 Å². The Morgan fingerprint density at radius 2 is 1.78 bits per heavy atom. The van der Waals surface area contributed by atoms with Gasteiger partial charge in [-0.2, -0.15) is 4.98 Å². The van der Waals surface area contributed by atoms with Crippen LogP contribution in [0.4, 0.5) is 0 Å². The largest absolute Gasteiger partial charge is 0.460 e. The van der Waals surface area contributed by atoms with Crippen molar-refractivity contribution in [1.82, 2.24) is 18.7 Å². The molecule has 164 valence electrons. The van der Waals surface area contributed by atoms with E-state index in [1.165, 1.54) is 11.6 Å². The van der Waals surface area contributed by atoms with Crippen LogP contribution in [0.25, 0.3) is 17.2 Å². The van der Waals surface area contributed by atoms with Crippen molar-refractivity contribution >= 4 is 40.4 Å². The third-order valence-corrected chi connectivity index (χ3v) is 5.66. The number of hydrogen-bond acceptors (Lipinski definition) is 4. The van der Waals surface area contributed by atoms with E-state index >= 15 is 0 Å². The van der Waals surface area contributed by atoms with E-state index in [0.717, 1.165) is 15.7 Å². The predicted molar refractivity (Wildman–Crippen MR) is 127 cm³/mol. The fourth-order valence-corrected chi connectivity index (χ4v) is 3.84. The molecule has 0 radical (unpaired) electrons. The predicted octanol–water partition coefficient (Wildman–Crippen LogP) is 3.88. The molecule has 0 aliphatic rings. The van der Waals surface area contributed by atoms with Crippen LogP contribution in [0.3, 0.4) is 0 Å². The summed E-state index contributed by atoms with van der Waals surface area (Å²) in [5.41, 5.74) is 1.33. The third kappa shape index (κ3) is 4.22. The van der Waals surface area contributed by atoms with E-state index < -0.39 is 11.2 Å². The fourth-order valence-electron chi connectivity index (χ4n) is 3.37. The molecule has 2 aromatic carbocycles. The van der Waals surface area contributed by atoms with Crippen LogP contribution >= 0.6 is 23.2 Å². The second-order valence-corrected chi connectivity index (χ2v) is 8.06. The van der Waals surface area contributed by atoms with E-state index in [0.29, 0.717) is 10.0 Å². The average molecular weight is 471 g/mol. The third-order valence-electron chi connectivity index (χ3n) is 5.08. The molecule has 0 unspecified atom stereocenters. The van der Waals surface area contributed by atoms with Crippen molar-refractivity contribution in [1.29, 1.82) is 0 Å². The number of fused-ring (bicyclic) bond motifs is 1. The number of benzene rings is 2. The molecule has 0 saturated carbocycles. The molecular weight excluding hydrogens is 451 g/mol. The lowest BCUT2D eigenvalue weighted by Crippen LogP contribution is -2.37. The summed E-state index contributed by atoms with van der Waals surface area (Å²) in [5.74, 6) is 0. The van der Waals surface area contributed by atoms with Gasteiger partial charge in [0.1, 0.15) is 6.61 Å². The summed E-state index contributed by atoms with van der Waals surface area (Å²) >= 11 is 12.4. The molecule has 2 heterocycles. The van der Waals surface area contributed by atoms with Gasteiger partial charge in [-0.1, -0.05) is 65.7 Å². The lowest BCUT2D eigenvalue weighted by molar-refractivity contribution is 0.320. The second kappa shape index (κ2) is 9.06. The highest BCUT2D eigenvalue weighted by Crippen LogP contribution is 2.25. The van der Waals surface area contributed by atoms with Crippen molar-refractivity contribution in [2.45, 2.75) is 6.54 Å². The Balaban J connectivity index is 1.76. The Bertz CT molecular complexity index is 1440. The molecule has 0 bridgehead atoms. The number of nitrogens with zero attached hydrogens (tertiary/aromatic N) is 4. The first-order valence-corrected chi connectivity index (χ1v) is 10.6. The average Bonchev–Trinajstić information content (AvgIpc) is 3.14. The highest BCUT2D eigenvalue weighted by atomic mass is 35.5. The maximum atomic E-state index is 12.9. The maximum absolute atomic E-state index is 12.9. The summed E-state index contributed by atoms with van der Waals surface area (Å²) in [7, 11) is 3.00. The molecule has 32 heavy (non-hydrogen) atoms. The molecule has 7 nitrogen and oxygen atoms in total. The maximum Gasteiger partial charge on any atom is 0.332 e. The number of ether oxygens (including phenoxy) is 1. The van der Waals surface area contributed by atoms with Gasteiger partial charge in [-0.25, -0.2) is 4.79 Å². The zero-order chi connectivity index (χ0) is 22.8. The number of imidazole rings is 1. The number of halogens is 2.